The summed E-state index contributed by atoms with van der Waals surface area (Å²) < 4.78 is 0. The summed E-state index contributed by atoms with van der Waals surface area (Å²) in [6.45, 7) is 2.57. The van der Waals surface area contributed by atoms with Gasteiger partial charge in [-0.2, -0.15) is 0 Å². The molecule has 2 heterocycles. The van der Waals surface area contributed by atoms with Crippen LogP contribution in [0.2, 0.25) is 0 Å². The molecule has 1 saturated carbocycles. The summed E-state index contributed by atoms with van der Waals surface area (Å²) in [4.78, 5) is 2.81. The second kappa shape index (κ2) is 5.40. The minimum Gasteiger partial charge on any atom is -0.380 e. The number of likely N-dealkylation sites (tertiary alicyclic amines) is 1. The predicted molar refractivity (Wildman–Crippen MR) is 84.1 cm³/mol. The highest BCUT2D eigenvalue weighted by Crippen LogP contribution is 2.36. The zero-order valence-electron chi connectivity index (χ0n) is 12.4. The fourth-order valence-electron chi connectivity index (χ4n) is 4.72. The minimum atomic E-state index is 0.634. The summed E-state index contributed by atoms with van der Waals surface area (Å²) in [7, 11) is 0. The number of benzene rings is 1. The first-order chi connectivity index (χ1) is 9.90. The third-order valence-electron chi connectivity index (χ3n) is 5.66. The van der Waals surface area contributed by atoms with Crippen LogP contribution in [0, 0.1) is 5.92 Å². The van der Waals surface area contributed by atoms with E-state index in [-0.39, 0.29) is 0 Å². The first-order valence-corrected chi connectivity index (χ1v) is 8.48. The normalized spacial score (nSPS) is 30.6. The molecule has 1 aromatic carbocycles. The Labute approximate surface area is 122 Å². The van der Waals surface area contributed by atoms with E-state index in [0.717, 1.165) is 12.0 Å². The van der Waals surface area contributed by atoms with Crippen molar-refractivity contribution in [2.45, 2.75) is 57.0 Å². The molecule has 0 spiro atoms. The van der Waals surface area contributed by atoms with Crippen LogP contribution in [0.1, 0.15) is 44.1 Å². The average molecular weight is 270 g/mol. The molecule has 4 rings (SSSR count). The number of anilines is 1. The highest BCUT2D eigenvalue weighted by molar-refractivity contribution is 5.56. The number of nitrogens with one attached hydrogen (secondary N) is 1. The Morgan fingerprint density at radius 3 is 2.75 bits per heavy atom. The molecule has 0 radical (unpaired) electrons. The standard InChI is InChI=1S/C18H26N2/c1-2-7-14(6-1)18-10-5-11-20(18)13-16-12-15-8-3-4-9-17(15)19-16/h3-4,8-9,14,16,18-19H,1-2,5-7,10-13H2. The molecule has 2 unspecified atom stereocenters. The fourth-order valence-corrected chi connectivity index (χ4v) is 4.72. The minimum absolute atomic E-state index is 0.634. The number of nitrogens with zero attached hydrogens (tertiary/aromatic N) is 1. The zero-order chi connectivity index (χ0) is 13.4. The van der Waals surface area contributed by atoms with E-state index in [1.54, 1.807) is 0 Å². The van der Waals surface area contributed by atoms with Crippen LogP contribution in [0.25, 0.3) is 0 Å². The Balaban J connectivity index is 1.39. The van der Waals surface area contributed by atoms with Gasteiger partial charge >= 0.3 is 0 Å². The van der Waals surface area contributed by atoms with Gasteiger partial charge in [-0.3, -0.25) is 4.90 Å². The molecule has 2 heteroatoms. The van der Waals surface area contributed by atoms with Crippen molar-refractivity contribution < 1.29 is 0 Å². The highest BCUT2D eigenvalue weighted by atomic mass is 15.2. The molecule has 1 N–H and O–H groups in total. The van der Waals surface area contributed by atoms with Crippen LogP contribution in [0.5, 0.6) is 0 Å². The van der Waals surface area contributed by atoms with Gasteiger partial charge < -0.3 is 5.32 Å². The van der Waals surface area contributed by atoms with Crippen LogP contribution in [0.3, 0.4) is 0 Å². The van der Waals surface area contributed by atoms with Crippen molar-refractivity contribution in [3.8, 4) is 0 Å². The Kier molecular flexibility index (Phi) is 3.43. The first-order valence-electron chi connectivity index (χ1n) is 8.48. The fraction of sp³-hybridized carbons (Fsp3) is 0.667. The van der Waals surface area contributed by atoms with Crippen LogP contribution in [0.15, 0.2) is 24.3 Å². The first kappa shape index (κ1) is 12.7. The van der Waals surface area contributed by atoms with E-state index in [9.17, 15) is 0 Å². The van der Waals surface area contributed by atoms with E-state index in [2.05, 4.69) is 34.5 Å². The monoisotopic (exact) mass is 270 g/mol. The number of hydrogen-bond acceptors (Lipinski definition) is 2. The smallest absolute Gasteiger partial charge is 0.0429 e. The van der Waals surface area contributed by atoms with Gasteiger partial charge in [-0.25, -0.2) is 0 Å². The molecular formula is C18H26N2. The SMILES string of the molecule is c1ccc2c(c1)CC(CN1CCCC1C1CCCC1)N2. The second-order valence-corrected chi connectivity index (χ2v) is 6.95. The van der Waals surface area contributed by atoms with E-state index in [1.807, 2.05) is 0 Å². The molecule has 2 nitrogen and oxygen atoms in total. The lowest BCUT2D eigenvalue weighted by Crippen LogP contribution is -2.41. The lowest BCUT2D eigenvalue weighted by Gasteiger charge is -2.31. The van der Waals surface area contributed by atoms with E-state index in [0.29, 0.717) is 6.04 Å². The molecule has 0 bridgehead atoms. The van der Waals surface area contributed by atoms with Crippen LogP contribution in [0.4, 0.5) is 5.69 Å². The maximum Gasteiger partial charge on any atom is 0.0429 e. The van der Waals surface area contributed by atoms with Gasteiger partial charge in [0.05, 0.1) is 0 Å². The molecule has 108 valence electrons. The molecule has 0 amide bonds. The Morgan fingerprint density at radius 2 is 1.90 bits per heavy atom. The highest BCUT2D eigenvalue weighted by Gasteiger charge is 2.35. The summed E-state index contributed by atoms with van der Waals surface area (Å²) in [5.41, 5.74) is 2.88. The summed E-state index contributed by atoms with van der Waals surface area (Å²) in [6, 6.07) is 10.3. The lowest BCUT2D eigenvalue weighted by molar-refractivity contribution is 0.185. The van der Waals surface area contributed by atoms with Crippen LogP contribution < -0.4 is 5.32 Å². The van der Waals surface area contributed by atoms with Crippen molar-refractivity contribution >= 4 is 5.69 Å². The number of fused-ring (bicyclic) bond motifs is 1. The zero-order valence-corrected chi connectivity index (χ0v) is 12.4. The Hall–Kier alpha value is -1.02. The van der Waals surface area contributed by atoms with Gasteiger partial charge in [-0.1, -0.05) is 31.0 Å². The van der Waals surface area contributed by atoms with Crippen molar-refractivity contribution in [2.24, 2.45) is 5.92 Å². The van der Waals surface area contributed by atoms with Crippen molar-refractivity contribution in [3.63, 3.8) is 0 Å². The molecule has 0 aromatic heterocycles. The summed E-state index contributed by atoms with van der Waals surface area (Å²) in [6.07, 6.45) is 10.00. The number of para-hydroxylation sites is 1. The van der Waals surface area contributed by atoms with E-state index < -0.39 is 0 Å². The van der Waals surface area contributed by atoms with Crippen LogP contribution in [-0.2, 0) is 6.42 Å². The molecule has 20 heavy (non-hydrogen) atoms. The Morgan fingerprint density at radius 1 is 1.05 bits per heavy atom. The molecule has 3 aliphatic rings. The molecule has 2 atom stereocenters. The number of rotatable bonds is 3. The van der Waals surface area contributed by atoms with Crippen molar-refractivity contribution in [2.75, 3.05) is 18.4 Å². The van der Waals surface area contributed by atoms with Gasteiger partial charge in [0.2, 0.25) is 0 Å². The van der Waals surface area contributed by atoms with Crippen molar-refractivity contribution in [1.82, 2.24) is 4.90 Å². The summed E-state index contributed by atoms with van der Waals surface area (Å²) in [5.74, 6) is 1.00. The van der Waals surface area contributed by atoms with E-state index in [1.165, 1.54) is 69.3 Å². The largest absolute Gasteiger partial charge is 0.380 e. The van der Waals surface area contributed by atoms with Gasteiger partial charge in [0.15, 0.2) is 0 Å². The maximum absolute atomic E-state index is 3.73. The summed E-state index contributed by atoms with van der Waals surface area (Å²) in [5, 5.41) is 3.73. The number of hydrogen-bond donors (Lipinski definition) is 1. The average Bonchev–Trinajstić information content (AvgIpc) is 3.18. The van der Waals surface area contributed by atoms with Gasteiger partial charge in [0.25, 0.3) is 0 Å². The summed E-state index contributed by atoms with van der Waals surface area (Å²) >= 11 is 0. The topological polar surface area (TPSA) is 15.3 Å². The van der Waals surface area contributed by atoms with Gasteiger partial charge in [-0.05, 0) is 56.2 Å². The van der Waals surface area contributed by atoms with Crippen molar-refractivity contribution in [1.29, 1.82) is 0 Å². The third-order valence-corrected chi connectivity index (χ3v) is 5.66. The third kappa shape index (κ3) is 2.35. The molecule has 1 saturated heterocycles. The van der Waals surface area contributed by atoms with Crippen LogP contribution >= 0.6 is 0 Å². The molecule has 1 aliphatic carbocycles. The van der Waals surface area contributed by atoms with Gasteiger partial charge in [0.1, 0.15) is 0 Å². The van der Waals surface area contributed by atoms with Gasteiger partial charge in [0, 0.05) is 24.3 Å². The predicted octanol–water partition coefficient (Wildman–Crippen LogP) is 3.68. The maximum atomic E-state index is 3.73. The van der Waals surface area contributed by atoms with Gasteiger partial charge in [-0.15, -0.1) is 0 Å². The lowest BCUT2D eigenvalue weighted by atomic mass is 9.95. The second-order valence-electron chi connectivity index (χ2n) is 6.95. The van der Waals surface area contributed by atoms with E-state index in [4.69, 9.17) is 0 Å². The molecule has 1 aromatic rings. The van der Waals surface area contributed by atoms with E-state index >= 15 is 0 Å². The molecular weight excluding hydrogens is 244 g/mol. The molecule has 2 aliphatic heterocycles. The van der Waals surface area contributed by atoms with Crippen LogP contribution in [-0.4, -0.2) is 30.1 Å². The Bertz CT molecular complexity index is 439. The quantitative estimate of drug-likeness (QED) is 0.901. The van der Waals surface area contributed by atoms with Crippen molar-refractivity contribution in [3.05, 3.63) is 29.8 Å². The molecule has 2 fully saturated rings.